The minimum atomic E-state index is 0.361. The molecule has 96 valence electrons. The maximum absolute atomic E-state index is 5.82. The zero-order valence-corrected chi connectivity index (χ0v) is 12.1. The standard InChI is InChI=1S/C13H9BrClN3O/c14-13-11-5-6-16-8-18(11)12(17-13)7-19-10-3-1-9(15)2-4-10/h1-6,8H,7H2. The Hall–Kier alpha value is -1.59. The number of ether oxygens (including phenoxy) is 1. The van der Waals surface area contributed by atoms with E-state index < -0.39 is 0 Å². The highest BCUT2D eigenvalue weighted by Gasteiger charge is 2.09. The monoisotopic (exact) mass is 337 g/mol. The zero-order valence-electron chi connectivity index (χ0n) is 9.75. The molecule has 0 spiro atoms. The smallest absolute Gasteiger partial charge is 0.153 e. The van der Waals surface area contributed by atoms with Gasteiger partial charge in [-0.2, -0.15) is 0 Å². The first kappa shape index (κ1) is 12.4. The molecule has 0 aliphatic rings. The third kappa shape index (κ3) is 2.57. The van der Waals surface area contributed by atoms with E-state index in [1.54, 1.807) is 24.7 Å². The lowest BCUT2D eigenvalue weighted by Gasteiger charge is -2.05. The van der Waals surface area contributed by atoms with Crippen LogP contribution in [0.5, 0.6) is 5.75 Å². The molecule has 6 heteroatoms. The van der Waals surface area contributed by atoms with E-state index in [1.807, 2.05) is 22.6 Å². The molecule has 0 atom stereocenters. The van der Waals surface area contributed by atoms with Crippen LogP contribution in [0.25, 0.3) is 5.52 Å². The van der Waals surface area contributed by atoms with Gasteiger partial charge in [0, 0.05) is 11.2 Å². The Bertz CT molecular complexity index is 711. The number of halogens is 2. The van der Waals surface area contributed by atoms with Crippen LogP contribution >= 0.6 is 27.5 Å². The van der Waals surface area contributed by atoms with E-state index in [2.05, 4.69) is 25.9 Å². The molecule has 19 heavy (non-hydrogen) atoms. The molecule has 0 aliphatic carbocycles. The number of hydrogen-bond donors (Lipinski definition) is 0. The average molecular weight is 339 g/mol. The van der Waals surface area contributed by atoms with Crippen molar-refractivity contribution in [1.82, 2.24) is 14.4 Å². The van der Waals surface area contributed by atoms with Crippen LogP contribution < -0.4 is 4.74 Å². The van der Waals surface area contributed by atoms with E-state index in [1.165, 1.54) is 0 Å². The molecule has 0 saturated carbocycles. The molecule has 3 rings (SSSR count). The van der Waals surface area contributed by atoms with Gasteiger partial charge in [0.2, 0.25) is 0 Å². The number of nitrogens with zero attached hydrogens (tertiary/aromatic N) is 3. The average Bonchev–Trinajstić information content (AvgIpc) is 2.76. The fourth-order valence-electron chi connectivity index (χ4n) is 1.74. The molecule has 0 N–H and O–H groups in total. The summed E-state index contributed by atoms with van der Waals surface area (Å²) in [6.07, 6.45) is 3.44. The Balaban J connectivity index is 1.84. The largest absolute Gasteiger partial charge is 0.486 e. The van der Waals surface area contributed by atoms with Crippen LogP contribution in [0, 0.1) is 0 Å². The summed E-state index contributed by atoms with van der Waals surface area (Å²) in [5.74, 6) is 1.53. The van der Waals surface area contributed by atoms with Gasteiger partial charge in [0.05, 0.1) is 5.52 Å². The number of fused-ring (bicyclic) bond motifs is 1. The van der Waals surface area contributed by atoms with Gasteiger partial charge < -0.3 is 4.74 Å². The van der Waals surface area contributed by atoms with E-state index in [4.69, 9.17) is 16.3 Å². The molecule has 0 bridgehead atoms. The SMILES string of the molecule is Clc1ccc(OCc2nc(Br)c3ccncn23)cc1. The van der Waals surface area contributed by atoms with Crippen LogP contribution in [-0.2, 0) is 6.61 Å². The fourth-order valence-corrected chi connectivity index (χ4v) is 2.39. The van der Waals surface area contributed by atoms with Gasteiger partial charge in [-0.3, -0.25) is 4.40 Å². The van der Waals surface area contributed by atoms with Crippen LogP contribution in [-0.4, -0.2) is 14.4 Å². The molecule has 1 aromatic carbocycles. The van der Waals surface area contributed by atoms with Crippen LogP contribution in [0.3, 0.4) is 0 Å². The number of imidazole rings is 1. The lowest BCUT2D eigenvalue weighted by atomic mass is 10.3. The molecule has 4 nitrogen and oxygen atoms in total. The maximum Gasteiger partial charge on any atom is 0.153 e. The summed E-state index contributed by atoms with van der Waals surface area (Å²) < 4.78 is 8.35. The maximum atomic E-state index is 5.82. The fraction of sp³-hybridized carbons (Fsp3) is 0.0769. The third-order valence-corrected chi connectivity index (χ3v) is 3.49. The first-order valence-corrected chi connectivity index (χ1v) is 6.76. The Morgan fingerprint density at radius 2 is 2.00 bits per heavy atom. The second-order valence-corrected chi connectivity index (χ2v) is 5.08. The summed E-state index contributed by atoms with van der Waals surface area (Å²) in [6, 6.07) is 9.12. The summed E-state index contributed by atoms with van der Waals surface area (Å²) in [6.45, 7) is 0.361. The molecule has 3 aromatic rings. The summed E-state index contributed by atoms with van der Waals surface area (Å²) in [4.78, 5) is 8.49. The topological polar surface area (TPSA) is 39.4 Å². The van der Waals surface area contributed by atoms with Crippen molar-refractivity contribution < 1.29 is 4.74 Å². The van der Waals surface area contributed by atoms with Crippen molar-refractivity contribution in [2.24, 2.45) is 0 Å². The van der Waals surface area contributed by atoms with Gasteiger partial charge in [-0.25, -0.2) is 9.97 Å². The van der Waals surface area contributed by atoms with Crippen molar-refractivity contribution in [2.75, 3.05) is 0 Å². The van der Waals surface area contributed by atoms with Gasteiger partial charge in [-0.1, -0.05) is 11.6 Å². The van der Waals surface area contributed by atoms with Crippen molar-refractivity contribution in [2.45, 2.75) is 6.61 Å². The molecular weight excluding hydrogens is 330 g/mol. The van der Waals surface area contributed by atoms with Crippen molar-refractivity contribution >= 4 is 33.0 Å². The molecule has 2 heterocycles. The van der Waals surface area contributed by atoms with Gasteiger partial charge in [0.1, 0.15) is 23.3 Å². The third-order valence-electron chi connectivity index (χ3n) is 2.66. The number of rotatable bonds is 3. The Kier molecular flexibility index (Phi) is 3.40. The Morgan fingerprint density at radius 3 is 2.79 bits per heavy atom. The normalized spacial score (nSPS) is 10.8. The first-order chi connectivity index (χ1) is 9.24. The van der Waals surface area contributed by atoms with Crippen molar-refractivity contribution in [1.29, 1.82) is 0 Å². The number of hydrogen-bond acceptors (Lipinski definition) is 3. The molecule has 2 aromatic heterocycles. The summed E-state index contributed by atoms with van der Waals surface area (Å²) in [5, 5.41) is 0.686. The van der Waals surface area contributed by atoms with Crippen LogP contribution in [0.4, 0.5) is 0 Å². The number of aromatic nitrogens is 3. The molecule has 0 aliphatic heterocycles. The summed E-state index contributed by atoms with van der Waals surface area (Å²) >= 11 is 9.24. The zero-order chi connectivity index (χ0) is 13.2. The van der Waals surface area contributed by atoms with Gasteiger partial charge in [-0.15, -0.1) is 0 Å². The van der Waals surface area contributed by atoms with E-state index in [0.29, 0.717) is 11.6 Å². The number of benzene rings is 1. The van der Waals surface area contributed by atoms with Gasteiger partial charge in [-0.05, 0) is 46.3 Å². The Morgan fingerprint density at radius 1 is 1.21 bits per heavy atom. The molecule has 0 saturated heterocycles. The second kappa shape index (κ2) is 5.19. The lowest BCUT2D eigenvalue weighted by Crippen LogP contribution is -2.01. The summed E-state index contributed by atoms with van der Waals surface area (Å²) in [5.41, 5.74) is 0.963. The van der Waals surface area contributed by atoms with Gasteiger partial charge >= 0.3 is 0 Å². The minimum Gasteiger partial charge on any atom is -0.486 e. The van der Waals surface area contributed by atoms with E-state index in [-0.39, 0.29) is 0 Å². The second-order valence-electron chi connectivity index (χ2n) is 3.90. The first-order valence-electron chi connectivity index (χ1n) is 5.59. The van der Waals surface area contributed by atoms with Crippen molar-refractivity contribution in [3.05, 3.63) is 58.3 Å². The predicted octanol–water partition coefficient (Wildman–Crippen LogP) is 3.72. The highest BCUT2D eigenvalue weighted by atomic mass is 79.9. The predicted molar refractivity (Wildman–Crippen MR) is 76.5 cm³/mol. The molecule has 0 radical (unpaired) electrons. The van der Waals surface area contributed by atoms with Crippen LogP contribution in [0.15, 0.2) is 47.5 Å². The van der Waals surface area contributed by atoms with Gasteiger partial charge in [0.25, 0.3) is 0 Å². The molecular formula is C13H9BrClN3O. The highest BCUT2D eigenvalue weighted by Crippen LogP contribution is 2.20. The van der Waals surface area contributed by atoms with Crippen LogP contribution in [0.1, 0.15) is 5.82 Å². The van der Waals surface area contributed by atoms with Crippen molar-refractivity contribution in [3.8, 4) is 5.75 Å². The van der Waals surface area contributed by atoms with E-state index in [9.17, 15) is 0 Å². The van der Waals surface area contributed by atoms with Gasteiger partial charge in [0.15, 0.2) is 5.82 Å². The van der Waals surface area contributed by atoms with E-state index >= 15 is 0 Å². The van der Waals surface area contributed by atoms with Crippen molar-refractivity contribution in [3.63, 3.8) is 0 Å². The Labute approximate surface area is 123 Å². The highest BCUT2D eigenvalue weighted by molar-refractivity contribution is 9.10. The summed E-state index contributed by atoms with van der Waals surface area (Å²) in [7, 11) is 0. The molecule has 0 unspecified atom stereocenters. The van der Waals surface area contributed by atoms with Crippen LogP contribution in [0.2, 0.25) is 5.02 Å². The minimum absolute atomic E-state index is 0.361. The van der Waals surface area contributed by atoms with E-state index in [0.717, 1.165) is 21.7 Å². The molecule has 0 amide bonds. The lowest BCUT2D eigenvalue weighted by molar-refractivity contribution is 0.295. The molecule has 0 fully saturated rings. The quantitative estimate of drug-likeness (QED) is 0.730.